The Morgan fingerprint density at radius 1 is 0.405 bits per heavy atom. The summed E-state index contributed by atoms with van der Waals surface area (Å²) < 4.78 is 0. The van der Waals surface area contributed by atoms with Gasteiger partial charge in [0.05, 0.1) is 0 Å². The number of hydrogen-bond acceptors (Lipinski definition) is 0. The van der Waals surface area contributed by atoms with Crippen molar-refractivity contribution in [3.63, 3.8) is 0 Å². The summed E-state index contributed by atoms with van der Waals surface area (Å²) in [6, 6.07) is 9.67. The minimum Gasteiger partial charge on any atom is -1.00 e. The minimum atomic E-state index is 0. The van der Waals surface area contributed by atoms with E-state index in [1.54, 1.807) is 0 Å². The van der Waals surface area contributed by atoms with E-state index in [0.29, 0.717) is 0 Å². The Bertz CT molecular complexity index is 801. The molecule has 0 saturated carbocycles. The van der Waals surface area contributed by atoms with Crippen molar-refractivity contribution in [2.75, 3.05) is 0 Å². The minimum absolute atomic E-state index is 0. The molecule has 0 aliphatic carbocycles. The maximum Gasteiger partial charge on any atom is 4.00 e. The van der Waals surface area contributed by atoms with Gasteiger partial charge in [-0.05, 0) is 10.8 Å². The molecule has 0 aliphatic heterocycles. The average molecular weight is 629 g/mol. The first-order valence-electron chi connectivity index (χ1n) is 13.3. The van der Waals surface area contributed by atoms with Gasteiger partial charge in [0.25, 0.3) is 0 Å². The molecule has 0 atom stereocenters. The normalized spacial score (nSPS) is 13.0. The SMILES string of the molecule is CC(C)(C)c1cc(C(C)(C)C)[c-](C(C)(C)C)c1.CC(C)(C)c1cc(C(C)(C)C)[c-](C(C)(C)C)c1.[Cl-].[Cl-].[Zr+4]. The molecule has 2 aromatic rings. The molecule has 0 bridgehead atoms. The van der Waals surface area contributed by atoms with Crippen molar-refractivity contribution in [2.24, 2.45) is 0 Å². The Morgan fingerprint density at radius 3 is 0.730 bits per heavy atom. The molecule has 3 heteroatoms. The van der Waals surface area contributed by atoms with Crippen molar-refractivity contribution in [1.29, 1.82) is 0 Å². The Balaban J connectivity index is -0.000000578. The van der Waals surface area contributed by atoms with Crippen LogP contribution < -0.4 is 24.8 Å². The molecule has 0 saturated heterocycles. The van der Waals surface area contributed by atoms with Crippen molar-refractivity contribution in [1.82, 2.24) is 0 Å². The van der Waals surface area contributed by atoms with E-state index in [-0.39, 0.29) is 83.5 Å². The summed E-state index contributed by atoms with van der Waals surface area (Å²) in [6.07, 6.45) is 0. The van der Waals surface area contributed by atoms with Crippen LogP contribution in [0.5, 0.6) is 0 Å². The molecule has 0 heterocycles. The predicted molar refractivity (Wildman–Crippen MR) is 156 cm³/mol. The maximum atomic E-state index is 2.42. The third-order valence-electron chi connectivity index (χ3n) is 6.74. The second-order valence-corrected chi connectivity index (χ2v) is 16.6. The van der Waals surface area contributed by atoms with Crippen LogP contribution in [0.15, 0.2) is 24.3 Å². The zero-order valence-corrected chi connectivity index (χ0v) is 31.5. The van der Waals surface area contributed by atoms with E-state index in [4.69, 9.17) is 0 Å². The third kappa shape index (κ3) is 11.7. The van der Waals surface area contributed by atoms with Gasteiger partial charge in [-0.15, -0.1) is 11.1 Å². The molecular weight excluding hydrogens is 571 g/mol. The number of halogens is 2. The Hall–Kier alpha value is 0.163. The van der Waals surface area contributed by atoms with Crippen molar-refractivity contribution >= 4 is 0 Å². The maximum absolute atomic E-state index is 2.42. The van der Waals surface area contributed by atoms with Gasteiger partial charge in [0.15, 0.2) is 0 Å². The van der Waals surface area contributed by atoms with E-state index in [0.717, 1.165) is 0 Å². The molecule has 0 aliphatic rings. The fourth-order valence-electron chi connectivity index (χ4n) is 4.36. The van der Waals surface area contributed by atoms with Crippen LogP contribution in [0.4, 0.5) is 0 Å². The average Bonchev–Trinajstić information content (AvgIpc) is 3.18. The van der Waals surface area contributed by atoms with Crippen LogP contribution in [-0.4, -0.2) is 0 Å². The molecule has 0 N–H and O–H groups in total. The van der Waals surface area contributed by atoms with Crippen LogP contribution >= 0.6 is 0 Å². The molecule has 0 unspecified atom stereocenters. The smallest absolute Gasteiger partial charge is 1.00 e. The van der Waals surface area contributed by atoms with Gasteiger partial charge in [-0.3, -0.25) is 0 Å². The summed E-state index contributed by atoms with van der Waals surface area (Å²) in [5.74, 6) is 0. The topological polar surface area (TPSA) is 0 Å². The van der Waals surface area contributed by atoms with E-state index in [2.05, 4.69) is 149 Å². The van der Waals surface area contributed by atoms with E-state index < -0.39 is 0 Å². The van der Waals surface area contributed by atoms with Gasteiger partial charge in [0.2, 0.25) is 0 Å². The van der Waals surface area contributed by atoms with Gasteiger partial charge in [0, 0.05) is 0 Å². The zero-order chi connectivity index (χ0) is 27.3. The summed E-state index contributed by atoms with van der Waals surface area (Å²) in [5.41, 5.74) is 10.4. The Labute approximate surface area is 264 Å². The van der Waals surface area contributed by atoms with Gasteiger partial charge in [-0.25, -0.2) is 12.1 Å². The van der Waals surface area contributed by atoms with E-state index in [1.165, 1.54) is 33.4 Å². The van der Waals surface area contributed by atoms with E-state index in [9.17, 15) is 0 Å². The van der Waals surface area contributed by atoms with Crippen molar-refractivity contribution < 1.29 is 51.0 Å². The number of rotatable bonds is 0. The van der Waals surface area contributed by atoms with Crippen molar-refractivity contribution in [2.45, 2.75) is 157 Å². The summed E-state index contributed by atoms with van der Waals surface area (Å²) in [4.78, 5) is 0. The molecule has 0 aromatic heterocycles. The van der Waals surface area contributed by atoms with Crippen LogP contribution in [-0.2, 0) is 58.7 Å². The summed E-state index contributed by atoms with van der Waals surface area (Å²) in [7, 11) is 0. The van der Waals surface area contributed by atoms with Gasteiger partial charge in [-0.2, -0.15) is 34.4 Å². The summed E-state index contributed by atoms with van der Waals surface area (Å²) in [5, 5.41) is 0. The fourth-order valence-corrected chi connectivity index (χ4v) is 4.36. The monoisotopic (exact) mass is 626 g/mol. The summed E-state index contributed by atoms with van der Waals surface area (Å²) in [6.45, 7) is 41.5. The first-order valence-corrected chi connectivity index (χ1v) is 13.3. The van der Waals surface area contributed by atoms with Gasteiger partial charge < -0.3 is 24.8 Å². The standard InChI is InChI=1S/2C17H29.2ClH.Zr/c2*1-15(2,3)12-10-13(16(4,5)6)14(11-12)17(7,8)9;;;/h2*10-11H,1-9H3;2*1H;/q2*-1;;;+4/p-2. The largest absolute Gasteiger partial charge is 4.00 e. The van der Waals surface area contributed by atoms with Gasteiger partial charge in [-0.1, -0.05) is 146 Å². The van der Waals surface area contributed by atoms with Gasteiger partial charge in [0.1, 0.15) is 0 Å². The van der Waals surface area contributed by atoms with Crippen LogP contribution in [0.3, 0.4) is 0 Å². The molecule has 0 nitrogen and oxygen atoms in total. The second-order valence-electron chi connectivity index (χ2n) is 16.6. The molecule has 212 valence electrons. The fraction of sp³-hybridized carbons (Fsp3) is 0.706. The molecular formula is C34H58Cl2Zr. The predicted octanol–water partition coefficient (Wildman–Crippen LogP) is 4.60. The van der Waals surface area contributed by atoms with Crippen LogP contribution in [0.2, 0.25) is 0 Å². The molecule has 0 spiro atoms. The Morgan fingerprint density at radius 2 is 0.622 bits per heavy atom. The van der Waals surface area contributed by atoms with Crippen LogP contribution in [0.25, 0.3) is 0 Å². The third-order valence-corrected chi connectivity index (χ3v) is 6.74. The molecule has 0 radical (unpaired) electrons. The van der Waals surface area contributed by atoms with E-state index in [1.807, 2.05) is 0 Å². The quantitative estimate of drug-likeness (QED) is 0.375. The zero-order valence-electron chi connectivity index (χ0n) is 27.6. The van der Waals surface area contributed by atoms with E-state index >= 15 is 0 Å². The Kier molecular flexibility index (Phi) is 14.9. The molecule has 0 fully saturated rings. The molecule has 2 aromatic carbocycles. The van der Waals surface area contributed by atoms with Crippen LogP contribution in [0, 0.1) is 0 Å². The van der Waals surface area contributed by atoms with Gasteiger partial charge >= 0.3 is 26.2 Å². The first-order chi connectivity index (χ1) is 14.7. The van der Waals surface area contributed by atoms with Crippen molar-refractivity contribution in [3.8, 4) is 0 Å². The molecule has 0 amide bonds. The molecule has 2 rings (SSSR count). The van der Waals surface area contributed by atoms with Crippen LogP contribution in [0.1, 0.15) is 158 Å². The first kappa shape index (κ1) is 41.6. The number of hydrogen-bond donors (Lipinski definition) is 0. The summed E-state index contributed by atoms with van der Waals surface area (Å²) >= 11 is 0. The van der Waals surface area contributed by atoms with Crippen molar-refractivity contribution in [3.05, 3.63) is 57.6 Å². The molecule has 37 heavy (non-hydrogen) atoms. The second kappa shape index (κ2) is 13.2.